The predicted molar refractivity (Wildman–Crippen MR) is 99.9 cm³/mol. The normalized spacial score (nSPS) is 19.3. The summed E-state index contributed by atoms with van der Waals surface area (Å²) in [5.41, 5.74) is -0.0451. The van der Waals surface area contributed by atoms with Crippen LogP contribution in [0.3, 0.4) is 0 Å². The first kappa shape index (κ1) is 18.1. The number of carbonyl (C=O) groups is 1. The van der Waals surface area contributed by atoms with Crippen LogP contribution in [-0.4, -0.2) is 38.7 Å². The zero-order chi connectivity index (χ0) is 19.9. The number of H-pyrrole nitrogens is 1. The molecule has 0 saturated carbocycles. The zero-order valence-corrected chi connectivity index (χ0v) is 15.6. The van der Waals surface area contributed by atoms with E-state index in [0.29, 0.717) is 30.0 Å². The first-order valence-corrected chi connectivity index (χ1v) is 9.12. The van der Waals surface area contributed by atoms with Gasteiger partial charge in [0, 0.05) is 24.5 Å². The van der Waals surface area contributed by atoms with E-state index in [0.717, 1.165) is 12.6 Å². The Bertz CT molecular complexity index is 1110. The molecule has 0 aromatic carbocycles. The molecule has 3 aromatic heterocycles. The highest BCUT2D eigenvalue weighted by Crippen LogP contribution is 2.39. The number of halogens is 1. The van der Waals surface area contributed by atoms with Crippen LogP contribution in [0.4, 0.5) is 10.2 Å². The fourth-order valence-corrected chi connectivity index (χ4v) is 3.83. The summed E-state index contributed by atoms with van der Waals surface area (Å²) < 4.78 is 20.4. The van der Waals surface area contributed by atoms with Gasteiger partial charge in [-0.25, -0.2) is 18.7 Å². The van der Waals surface area contributed by atoms with Crippen molar-refractivity contribution in [3.05, 3.63) is 58.0 Å². The number of hydrogen-bond donors (Lipinski definition) is 1. The first-order valence-electron chi connectivity index (χ1n) is 9.12. The maximum absolute atomic E-state index is 13.8. The van der Waals surface area contributed by atoms with Gasteiger partial charge < -0.3 is 14.6 Å². The molecule has 0 spiro atoms. The Labute approximate surface area is 160 Å². The van der Waals surface area contributed by atoms with Crippen LogP contribution in [0.1, 0.15) is 42.6 Å². The third-order valence-corrected chi connectivity index (χ3v) is 5.22. The van der Waals surface area contributed by atoms with Gasteiger partial charge in [-0.15, -0.1) is 0 Å². The van der Waals surface area contributed by atoms with Gasteiger partial charge in [0.05, 0.1) is 18.3 Å². The summed E-state index contributed by atoms with van der Waals surface area (Å²) in [5.74, 6) is -0.401. The van der Waals surface area contributed by atoms with E-state index < -0.39 is 17.3 Å². The smallest absolute Gasteiger partial charge is 0.343 e. The number of hydrogen-bond acceptors (Lipinski definition) is 6. The number of esters is 1. The monoisotopic (exact) mass is 385 g/mol. The van der Waals surface area contributed by atoms with Gasteiger partial charge in [0.1, 0.15) is 17.2 Å². The average Bonchev–Trinajstić information content (AvgIpc) is 3.27. The highest BCUT2D eigenvalue weighted by molar-refractivity contribution is 5.95. The van der Waals surface area contributed by atoms with Crippen molar-refractivity contribution in [2.75, 3.05) is 18.1 Å². The van der Waals surface area contributed by atoms with E-state index in [1.807, 2.05) is 11.8 Å². The Morgan fingerprint density at radius 1 is 1.46 bits per heavy atom. The van der Waals surface area contributed by atoms with Crippen LogP contribution >= 0.6 is 0 Å². The molecule has 1 saturated heterocycles. The van der Waals surface area contributed by atoms with Crippen molar-refractivity contribution in [2.45, 2.75) is 32.2 Å². The molecule has 0 bridgehead atoms. The van der Waals surface area contributed by atoms with Crippen molar-refractivity contribution in [3.63, 3.8) is 0 Å². The Hall–Kier alpha value is -3.23. The Morgan fingerprint density at radius 2 is 2.29 bits per heavy atom. The summed E-state index contributed by atoms with van der Waals surface area (Å²) >= 11 is 0. The molecule has 1 atom stereocenters. The molecule has 146 valence electrons. The van der Waals surface area contributed by atoms with E-state index in [1.165, 1.54) is 16.8 Å². The van der Waals surface area contributed by atoms with E-state index in [1.54, 1.807) is 19.2 Å². The number of pyridine rings is 1. The van der Waals surface area contributed by atoms with E-state index in [4.69, 9.17) is 4.74 Å². The lowest BCUT2D eigenvalue weighted by Gasteiger charge is -2.36. The number of anilines is 1. The number of nitrogens with one attached hydrogen (secondary N) is 1. The number of aromatic nitrogens is 4. The fraction of sp³-hybridized carbons (Fsp3) is 0.368. The summed E-state index contributed by atoms with van der Waals surface area (Å²) in [4.78, 5) is 33.6. The Kier molecular flexibility index (Phi) is 4.37. The van der Waals surface area contributed by atoms with Gasteiger partial charge in [-0.2, -0.15) is 5.10 Å². The summed E-state index contributed by atoms with van der Waals surface area (Å²) in [6, 6.07) is 3.05. The lowest BCUT2D eigenvalue weighted by atomic mass is 9.90. The van der Waals surface area contributed by atoms with E-state index in [9.17, 15) is 14.0 Å². The summed E-state index contributed by atoms with van der Waals surface area (Å²) in [6.07, 6.45) is 5.68. The summed E-state index contributed by atoms with van der Waals surface area (Å²) in [6.45, 7) is 4.54. The number of nitrogens with zero attached hydrogens (tertiary/aromatic N) is 4. The van der Waals surface area contributed by atoms with Crippen LogP contribution < -0.4 is 10.5 Å². The molecule has 8 nitrogen and oxygen atoms in total. The van der Waals surface area contributed by atoms with E-state index in [2.05, 4.69) is 15.1 Å². The molecule has 28 heavy (non-hydrogen) atoms. The van der Waals surface area contributed by atoms with Crippen LogP contribution in [0.2, 0.25) is 0 Å². The molecule has 0 amide bonds. The molecule has 4 heterocycles. The van der Waals surface area contributed by atoms with E-state index in [-0.39, 0.29) is 17.7 Å². The summed E-state index contributed by atoms with van der Waals surface area (Å²) in [7, 11) is 0. The lowest BCUT2D eigenvalue weighted by Crippen LogP contribution is -2.43. The second-order valence-electron chi connectivity index (χ2n) is 6.92. The zero-order valence-electron chi connectivity index (χ0n) is 15.6. The van der Waals surface area contributed by atoms with Crippen molar-refractivity contribution in [1.82, 2.24) is 19.6 Å². The Balaban J connectivity index is 1.80. The number of ether oxygens (including phenoxy) is 1. The lowest BCUT2D eigenvalue weighted by molar-refractivity contribution is 0.0528. The van der Waals surface area contributed by atoms with Crippen LogP contribution in [-0.2, 0) is 10.3 Å². The van der Waals surface area contributed by atoms with Gasteiger partial charge in [-0.05, 0) is 38.8 Å². The van der Waals surface area contributed by atoms with Gasteiger partial charge in [0.25, 0.3) is 5.56 Å². The minimum absolute atomic E-state index is 0.252. The van der Waals surface area contributed by atoms with Crippen molar-refractivity contribution in [3.8, 4) is 0 Å². The molecule has 0 aliphatic carbocycles. The molecule has 4 rings (SSSR count). The highest BCUT2D eigenvalue weighted by Gasteiger charge is 2.41. The van der Waals surface area contributed by atoms with Gasteiger partial charge in [0.15, 0.2) is 5.65 Å². The predicted octanol–water partition coefficient (Wildman–Crippen LogP) is 2.25. The number of carbonyl (C=O) groups excluding carboxylic acids is 1. The standard InChI is InChI=1S/C19H20FN5O3/c1-3-28-18(27)13-11-22-25-8-5-15(23-16(13)25)24-7-4-6-19(24,2)14-9-12(20)10-21-17(14)26/h5,8-11H,3-4,6-7H2,1-2H3,(H,21,26)/t19-/m1/s1. The molecular formula is C19H20FN5O3. The molecule has 0 radical (unpaired) electrons. The van der Waals surface area contributed by atoms with Gasteiger partial charge in [-0.3, -0.25) is 4.79 Å². The minimum Gasteiger partial charge on any atom is -0.462 e. The van der Waals surface area contributed by atoms with Crippen LogP contribution in [0.15, 0.2) is 35.5 Å². The van der Waals surface area contributed by atoms with Gasteiger partial charge in [-0.1, -0.05) is 0 Å². The first-order chi connectivity index (χ1) is 13.4. The van der Waals surface area contributed by atoms with E-state index >= 15 is 0 Å². The molecule has 1 aliphatic rings. The third-order valence-electron chi connectivity index (χ3n) is 5.22. The van der Waals surface area contributed by atoms with Crippen molar-refractivity contribution in [1.29, 1.82) is 0 Å². The Morgan fingerprint density at radius 3 is 3.07 bits per heavy atom. The topological polar surface area (TPSA) is 92.6 Å². The third kappa shape index (κ3) is 2.83. The van der Waals surface area contributed by atoms with Gasteiger partial charge in [0.2, 0.25) is 0 Å². The molecular weight excluding hydrogens is 365 g/mol. The molecule has 3 aromatic rings. The second-order valence-corrected chi connectivity index (χ2v) is 6.92. The number of rotatable bonds is 4. The van der Waals surface area contributed by atoms with Crippen LogP contribution in [0.5, 0.6) is 0 Å². The molecule has 9 heteroatoms. The largest absolute Gasteiger partial charge is 0.462 e. The average molecular weight is 385 g/mol. The van der Waals surface area contributed by atoms with Crippen molar-refractivity contribution >= 4 is 17.4 Å². The minimum atomic E-state index is -0.717. The number of aromatic amines is 1. The van der Waals surface area contributed by atoms with Crippen molar-refractivity contribution < 1.29 is 13.9 Å². The quantitative estimate of drug-likeness (QED) is 0.693. The second kappa shape index (κ2) is 6.74. The molecule has 1 fully saturated rings. The molecule has 0 unspecified atom stereocenters. The summed E-state index contributed by atoms with van der Waals surface area (Å²) in [5, 5.41) is 4.14. The molecule has 1 N–H and O–H groups in total. The van der Waals surface area contributed by atoms with Crippen LogP contribution in [0.25, 0.3) is 5.65 Å². The van der Waals surface area contributed by atoms with Gasteiger partial charge >= 0.3 is 5.97 Å². The van der Waals surface area contributed by atoms with Crippen LogP contribution in [0, 0.1) is 5.82 Å². The SMILES string of the molecule is CCOC(=O)c1cnn2ccc(N3CCC[C@]3(C)c3cc(F)c[nH]c3=O)nc12. The van der Waals surface area contributed by atoms with Crippen molar-refractivity contribution in [2.24, 2.45) is 0 Å². The number of fused-ring (bicyclic) bond motifs is 1. The highest BCUT2D eigenvalue weighted by atomic mass is 19.1. The fourth-order valence-electron chi connectivity index (χ4n) is 3.83. The maximum atomic E-state index is 13.8. The molecule has 1 aliphatic heterocycles. The maximum Gasteiger partial charge on any atom is 0.343 e.